The Morgan fingerprint density at radius 2 is 1.97 bits per heavy atom. The van der Waals surface area contributed by atoms with Gasteiger partial charge in [-0.1, -0.05) is 18.2 Å². The third-order valence-corrected chi connectivity index (χ3v) is 5.80. The maximum absolute atomic E-state index is 12.9. The number of benzene rings is 2. The van der Waals surface area contributed by atoms with Gasteiger partial charge in [0.25, 0.3) is 5.91 Å². The molecule has 0 saturated heterocycles. The van der Waals surface area contributed by atoms with E-state index in [4.69, 9.17) is 9.47 Å². The highest BCUT2D eigenvalue weighted by Crippen LogP contribution is 2.34. The second-order valence-electron chi connectivity index (χ2n) is 8.43. The molecular formula is C27H27N3O5. The molecule has 1 N–H and O–H groups in total. The molecular weight excluding hydrogens is 446 g/mol. The van der Waals surface area contributed by atoms with Gasteiger partial charge < -0.3 is 14.8 Å². The Hall–Kier alpha value is -4.20. The summed E-state index contributed by atoms with van der Waals surface area (Å²) in [7, 11) is 0. The van der Waals surface area contributed by atoms with Crippen molar-refractivity contribution >= 4 is 23.3 Å². The number of carbonyl (C=O) groups excluding carboxylic acids is 3. The molecule has 0 bridgehead atoms. The van der Waals surface area contributed by atoms with E-state index in [2.05, 4.69) is 10.3 Å². The molecule has 3 aromatic rings. The lowest BCUT2D eigenvalue weighted by Gasteiger charge is -2.33. The molecule has 0 aliphatic carbocycles. The Morgan fingerprint density at radius 3 is 2.74 bits per heavy atom. The van der Waals surface area contributed by atoms with E-state index in [9.17, 15) is 14.4 Å². The van der Waals surface area contributed by atoms with Crippen molar-refractivity contribution in [2.24, 2.45) is 0 Å². The summed E-state index contributed by atoms with van der Waals surface area (Å²) in [6.07, 6.45) is 1.65. The molecule has 180 valence electrons. The number of ether oxygens (including phenoxy) is 2. The quantitative estimate of drug-likeness (QED) is 0.504. The molecule has 8 nitrogen and oxygen atoms in total. The summed E-state index contributed by atoms with van der Waals surface area (Å²) in [5.41, 5.74) is 3.41. The van der Waals surface area contributed by atoms with Crippen LogP contribution in [-0.2, 0) is 16.1 Å². The van der Waals surface area contributed by atoms with Crippen LogP contribution in [0.5, 0.6) is 11.5 Å². The van der Waals surface area contributed by atoms with Crippen LogP contribution in [0.4, 0.5) is 5.69 Å². The first kappa shape index (κ1) is 23.9. The predicted octanol–water partition coefficient (Wildman–Crippen LogP) is 3.39. The number of carbonyl (C=O) groups is 3. The van der Waals surface area contributed by atoms with Crippen LogP contribution in [0.15, 0.2) is 60.8 Å². The molecule has 2 amide bonds. The fraction of sp³-hybridized carbons (Fsp3) is 0.259. The van der Waals surface area contributed by atoms with E-state index >= 15 is 0 Å². The lowest BCUT2D eigenvalue weighted by Crippen LogP contribution is -2.51. The van der Waals surface area contributed by atoms with Crippen LogP contribution in [0.3, 0.4) is 0 Å². The third kappa shape index (κ3) is 5.48. The number of fused-ring (bicyclic) bond motifs is 1. The zero-order valence-electron chi connectivity index (χ0n) is 19.9. The van der Waals surface area contributed by atoms with Crippen LogP contribution in [0, 0.1) is 13.8 Å². The fourth-order valence-corrected chi connectivity index (χ4v) is 3.80. The molecule has 8 heteroatoms. The molecule has 1 atom stereocenters. The van der Waals surface area contributed by atoms with Gasteiger partial charge in [0.15, 0.2) is 19.0 Å². The molecule has 0 radical (unpaired) electrons. The number of Topliss-reactive ketones (excluding diaryl/α,β-unsaturated/α-hetero) is 1. The number of ketones is 1. The molecule has 0 fully saturated rings. The van der Waals surface area contributed by atoms with Crippen LogP contribution in [0.25, 0.3) is 0 Å². The Kier molecular flexibility index (Phi) is 7.10. The number of hydrogen-bond acceptors (Lipinski definition) is 6. The van der Waals surface area contributed by atoms with Gasteiger partial charge in [0.1, 0.15) is 17.5 Å². The zero-order chi connectivity index (χ0) is 24.9. The molecule has 4 rings (SSSR count). The van der Waals surface area contributed by atoms with Crippen molar-refractivity contribution in [1.82, 2.24) is 10.3 Å². The van der Waals surface area contributed by atoms with Gasteiger partial charge in [-0.15, -0.1) is 0 Å². The fourth-order valence-electron chi connectivity index (χ4n) is 3.80. The third-order valence-electron chi connectivity index (χ3n) is 5.80. The normalized spacial score (nSPS) is 13.5. The summed E-state index contributed by atoms with van der Waals surface area (Å²) in [6, 6.07) is 15.3. The van der Waals surface area contributed by atoms with Gasteiger partial charge in [0.2, 0.25) is 5.91 Å². The van der Waals surface area contributed by atoms with E-state index in [0.29, 0.717) is 28.4 Å². The van der Waals surface area contributed by atoms with Crippen LogP contribution < -0.4 is 19.7 Å². The summed E-state index contributed by atoms with van der Waals surface area (Å²) in [4.78, 5) is 44.0. The van der Waals surface area contributed by atoms with E-state index in [1.165, 1.54) is 4.90 Å². The van der Waals surface area contributed by atoms with Crippen molar-refractivity contribution < 1.29 is 23.9 Å². The van der Waals surface area contributed by atoms with Gasteiger partial charge in [-0.3, -0.25) is 24.3 Å². The average Bonchev–Trinajstić information content (AvgIpc) is 2.87. The second kappa shape index (κ2) is 10.4. The smallest absolute Gasteiger partial charge is 0.265 e. The van der Waals surface area contributed by atoms with E-state index in [0.717, 1.165) is 11.1 Å². The van der Waals surface area contributed by atoms with E-state index < -0.39 is 6.04 Å². The standard InChI is InChI=1S/C27H27N3O5/c1-17-7-8-18(2)25(12-17)34-15-23(31)20-9-10-24-22(13-20)30(26(32)16-35-24)19(3)27(33)29-14-21-6-4-5-11-28-21/h4-13,19H,14-16H2,1-3H3,(H,29,33)/t19-/m0/s1. The second-order valence-corrected chi connectivity index (χ2v) is 8.43. The van der Waals surface area contributed by atoms with Crippen molar-refractivity contribution in [3.8, 4) is 11.5 Å². The molecule has 35 heavy (non-hydrogen) atoms. The first-order valence-electron chi connectivity index (χ1n) is 11.3. The number of amides is 2. The maximum atomic E-state index is 12.9. The van der Waals surface area contributed by atoms with Crippen molar-refractivity contribution in [2.45, 2.75) is 33.4 Å². The minimum Gasteiger partial charge on any atom is -0.485 e. The first-order chi connectivity index (χ1) is 16.8. The number of aromatic nitrogens is 1. The largest absolute Gasteiger partial charge is 0.485 e. The summed E-state index contributed by atoms with van der Waals surface area (Å²) >= 11 is 0. The van der Waals surface area contributed by atoms with Crippen molar-refractivity contribution in [1.29, 1.82) is 0 Å². The predicted molar refractivity (Wildman–Crippen MR) is 131 cm³/mol. The van der Waals surface area contributed by atoms with Gasteiger partial charge in [0.05, 0.1) is 17.9 Å². The molecule has 1 aliphatic heterocycles. The van der Waals surface area contributed by atoms with Crippen LogP contribution in [-0.4, -0.2) is 41.8 Å². The van der Waals surface area contributed by atoms with Gasteiger partial charge in [0, 0.05) is 11.8 Å². The van der Waals surface area contributed by atoms with Crippen molar-refractivity contribution in [3.63, 3.8) is 0 Å². The highest BCUT2D eigenvalue weighted by molar-refractivity contribution is 6.05. The van der Waals surface area contributed by atoms with Gasteiger partial charge >= 0.3 is 0 Å². The molecule has 2 heterocycles. The minimum atomic E-state index is -0.814. The average molecular weight is 474 g/mol. The van der Waals surface area contributed by atoms with E-state index in [1.54, 1.807) is 43.5 Å². The first-order valence-corrected chi connectivity index (χ1v) is 11.3. The number of aryl methyl sites for hydroxylation is 2. The molecule has 0 saturated carbocycles. The molecule has 1 aliphatic rings. The maximum Gasteiger partial charge on any atom is 0.265 e. The monoisotopic (exact) mass is 473 g/mol. The number of anilines is 1. The van der Waals surface area contributed by atoms with Crippen LogP contribution in [0.1, 0.15) is 34.1 Å². The number of hydrogen-bond donors (Lipinski definition) is 1. The number of nitrogens with one attached hydrogen (secondary N) is 1. The van der Waals surface area contributed by atoms with Crippen LogP contribution in [0.2, 0.25) is 0 Å². The summed E-state index contributed by atoms with van der Waals surface area (Å²) < 4.78 is 11.3. The lowest BCUT2D eigenvalue weighted by molar-refractivity contribution is -0.127. The van der Waals surface area contributed by atoms with E-state index in [1.807, 2.05) is 38.1 Å². The SMILES string of the molecule is Cc1ccc(C)c(OCC(=O)c2ccc3c(c2)N([C@@H](C)C(=O)NCc2ccccn2)C(=O)CO3)c1. The van der Waals surface area contributed by atoms with Crippen LogP contribution >= 0.6 is 0 Å². The molecule has 0 spiro atoms. The minimum absolute atomic E-state index is 0.155. The topological polar surface area (TPSA) is 97.8 Å². The Labute approximate surface area is 203 Å². The van der Waals surface area contributed by atoms with Crippen molar-refractivity contribution in [3.05, 3.63) is 83.2 Å². The van der Waals surface area contributed by atoms with E-state index in [-0.39, 0.29) is 37.4 Å². The van der Waals surface area contributed by atoms with Gasteiger partial charge in [-0.2, -0.15) is 0 Å². The number of rotatable bonds is 8. The lowest BCUT2D eigenvalue weighted by atomic mass is 10.1. The molecule has 2 aromatic carbocycles. The number of pyridine rings is 1. The Bertz CT molecular complexity index is 1260. The Balaban J connectivity index is 1.50. The zero-order valence-corrected chi connectivity index (χ0v) is 19.9. The highest BCUT2D eigenvalue weighted by atomic mass is 16.5. The Morgan fingerprint density at radius 1 is 1.14 bits per heavy atom. The molecule has 0 unspecified atom stereocenters. The van der Waals surface area contributed by atoms with Crippen molar-refractivity contribution in [2.75, 3.05) is 18.1 Å². The van der Waals surface area contributed by atoms with Gasteiger partial charge in [-0.25, -0.2) is 0 Å². The number of nitrogens with zero attached hydrogens (tertiary/aromatic N) is 2. The highest BCUT2D eigenvalue weighted by Gasteiger charge is 2.33. The summed E-state index contributed by atoms with van der Waals surface area (Å²) in [5.74, 6) is 0.121. The summed E-state index contributed by atoms with van der Waals surface area (Å²) in [5, 5.41) is 2.81. The summed E-state index contributed by atoms with van der Waals surface area (Å²) in [6.45, 7) is 5.41. The van der Waals surface area contributed by atoms with Gasteiger partial charge in [-0.05, 0) is 68.3 Å². The molecule has 1 aromatic heterocycles.